The predicted octanol–water partition coefficient (Wildman–Crippen LogP) is 4.46. The lowest BCUT2D eigenvalue weighted by Gasteiger charge is -2.12. The molecule has 0 aliphatic heterocycles. The molecule has 4 rings (SSSR count). The average molecular weight is 400 g/mol. The van der Waals surface area contributed by atoms with Crippen LogP contribution < -0.4 is 10.1 Å². The van der Waals surface area contributed by atoms with Crippen LogP contribution in [0.2, 0.25) is 0 Å². The highest BCUT2D eigenvalue weighted by atomic mass is 16.5. The number of amides is 1. The molecule has 2 aromatic heterocycles. The normalized spacial score (nSPS) is 11.1. The summed E-state index contributed by atoms with van der Waals surface area (Å²) in [7, 11) is 1.63. The molecule has 30 heavy (non-hydrogen) atoms. The molecule has 0 radical (unpaired) electrons. The van der Waals surface area contributed by atoms with Crippen molar-refractivity contribution in [2.24, 2.45) is 5.92 Å². The first-order valence-corrected chi connectivity index (χ1v) is 9.94. The van der Waals surface area contributed by atoms with Crippen molar-refractivity contribution < 1.29 is 9.53 Å². The van der Waals surface area contributed by atoms with Gasteiger partial charge in [-0.1, -0.05) is 56.3 Å². The topological polar surface area (TPSA) is 68.5 Å². The summed E-state index contributed by atoms with van der Waals surface area (Å²) in [6, 6.07) is 21.3. The highest BCUT2D eigenvalue weighted by Gasteiger charge is 2.18. The van der Waals surface area contributed by atoms with Crippen molar-refractivity contribution in [2.45, 2.75) is 13.8 Å². The van der Waals surface area contributed by atoms with Crippen molar-refractivity contribution in [3.05, 3.63) is 72.4 Å². The molecule has 4 aromatic rings. The zero-order valence-corrected chi connectivity index (χ0v) is 17.3. The number of carbonyl (C=O) groups is 1. The van der Waals surface area contributed by atoms with E-state index in [9.17, 15) is 4.79 Å². The van der Waals surface area contributed by atoms with E-state index < -0.39 is 0 Å². The maximum atomic E-state index is 12.8. The Morgan fingerprint density at radius 3 is 2.53 bits per heavy atom. The number of aromatic nitrogens is 3. The van der Waals surface area contributed by atoms with Crippen LogP contribution in [0.4, 0.5) is 0 Å². The van der Waals surface area contributed by atoms with E-state index >= 15 is 0 Å². The molecule has 0 unspecified atom stereocenters. The number of methoxy groups -OCH3 is 1. The van der Waals surface area contributed by atoms with Crippen LogP contribution >= 0.6 is 0 Å². The third-order valence-electron chi connectivity index (χ3n) is 4.78. The van der Waals surface area contributed by atoms with E-state index in [1.54, 1.807) is 17.7 Å². The molecule has 0 saturated carbocycles. The number of hydrogen-bond acceptors (Lipinski definition) is 4. The average Bonchev–Trinajstić information content (AvgIpc) is 3.21. The molecule has 0 aliphatic rings. The van der Waals surface area contributed by atoms with E-state index in [1.165, 1.54) is 0 Å². The van der Waals surface area contributed by atoms with Crippen molar-refractivity contribution in [2.75, 3.05) is 13.7 Å². The smallest absolute Gasteiger partial charge is 0.270 e. The maximum absolute atomic E-state index is 12.8. The van der Waals surface area contributed by atoms with Crippen molar-refractivity contribution in [1.82, 2.24) is 19.9 Å². The summed E-state index contributed by atoms with van der Waals surface area (Å²) in [5.41, 5.74) is 4.32. The summed E-state index contributed by atoms with van der Waals surface area (Å²) in [6.07, 6.45) is 0. The third-order valence-corrected chi connectivity index (χ3v) is 4.78. The van der Waals surface area contributed by atoms with Crippen LogP contribution in [0.1, 0.15) is 24.3 Å². The van der Waals surface area contributed by atoms with Gasteiger partial charge in [-0.2, -0.15) is 5.10 Å². The lowest BCUT2D eigenvalue weighted by molar-refractivity contribution is 0.0944. The second kappa shape index (κ2) is 8.37. The zero-order chi connectivity index (χ0) is 21.1. The maximum Gasteiger partial charge on any atom is 0.270 e. The van der Waals surface area contributed by atoms with Crippen LogP contribution in [-0.2, 0) is 0 Å². The minimum absolute atomic E-state index is 0.204. The number of ether oxygens (including phenoxy) is 1. The van der Waals surface area contributed by atoms with Crippen molar-refractivity contribution in [3.63, 3.8) is 0 Å². The van der Waals surface area contributed by atoms with Crippen molar-refractivity contribution in [1.29, 1.82) is 0 Å². The lowest BCUT2D eigenvalue weighted by Crippen LogP contribution is -2.28. The molecule has 0 bridgehead atoms. The van der Waals surface area contributed by atoms with Crippen LogP contribution in [0.3, 0.4) is 0 Å². The fourth-order valence-corrected chi connectivity index (χ4v) is 3.28. The van der Waals surface area contributed by atoms with E-state index in [4.69, 9.17) is 9.84 Å². The fourth-order valence-electron chi connectivity index (χ4n) is 3.28. The largest absolute Gasteiger partial charge is 0.496 e. The Bertz CT molecular complexity index is 1180. The number of rotatable bonds is 6. The number of carbonyl (C=O) groups excluding carboxylic acids is 1. The molecule has 0 atom stereocenters. The standard InChI is InChI=1S/C24H24N4O2/c1-16(2)15-25-24(29)20-13-21(18-11-7-8-12-22(18)30-3)28-23(26-20)14-19(27-28)17-9-5-4-6-10-17/h4-14,16H,15H2,1-3H3,(H,25,29). The molecule has 0 aliphatic carbocycles. The molecule has 1 amide bonds. The first-order valence-electron chi connectivity index (χ1n) is 9.94. The number of hydrogen-bond donors (Lipinski definition) is 1. The van der Waals surface area contributed by atoms with E-state index in [0.29, 0.717) is 29.6 Å². The summed E-state index contributed by atoms with van der Waals surface area (Å²) in [5.74, 6) is 0.853. The highest BCUT2D eigenvalue weighted by Crippen LogP contribution is 2.31. The molecule has 6 nitrogen and oxygen atoms in total. The number of nitrogens with one attached hydrogen (secondary N) is 1. The lowest BCUT2D eigenvalue weighted by atomic mass is 10.1. The summed E-state index contributed by atoms with van der Waals surface area (Å²) in [5, 5.41) is 7.72. The molecule has 2 aromatic carbocycles. The number of nitrogens with zero attached hydrogens (tertiary/aromatic N) is 3. The van der Waals surface area contributed by atoms with Crippen LogP contribution in [-0.4, -0.2) is 34.2 Å². The van der Waals surface area contributed by atoms with Crippen LogP contribution in [0.5, 0.6) is 5.75 Å². The van der Waals surface area contributed by atoms with Gasteiger partial charge in [0.05, 0.1) is 18.5 Å². The van der Waals surface area contributed by atoms with Gasteiger partial charge in [-0.3, -0.25) is 4.79 Å². The van der Waals surface area contributed by atoms with Gasteiger partial charge in [0.1, 0.15) is 11.4 Å². The van der Waals surface area contributed by atoms with Gasteiger partial charge in [-0.05, 0) is 24.1 Å². The fraction of sp³-hybridized carbons (Fsp3) is 0.208. The van der Waals surface area contributed by atoms with Gasteiger partial charge in [0.2, 0.25) is 0 Å². The van der Waals surface area contributed by atoms with E-state index in [1.807, 2.05) is 60.7 Å². The van der Waals surface area contributed by atoms with Crippen LogP contribution in [0, 0.1) is 5.92 Å². The summed E-state index contributed by atoms with van der Waals surface area (Å²) >= 11 is 0. The predicted molar refractivity (Wildman–Crippen MR) is 118 cm³/mol. The van der Waals surface area contributed by atoms with E-state index in [2.05, 4.69) is 24.1 Å². The first kappa shape index (κ1) is 19.6. The summed E-state index contributed by atoms with van der Waals surface area (Å²) < 4.78 is 7.32. The second-order valence-corrected chi connectivity index (χ2v) is 7.50. The Morgan fingerprint density at radius 2 is 1.80 bits per heavy atom. The van der Waals surface area contributed by atoms with Gasteiger partial charge in [-0.15, -0.1) is 0 Å². The molecular weight excluding hydrogens is 376 g/mol. The molecule has 152 valence electrons. The van der Waals surface area contributed by atoms with E-state index in [0.717, 1.165) is 22.5 Å². The second-order valence-electron chi connectivity index (χ2n) is 7.50. The van der Waals surface area contributed by atoms with Gasteiger partial charge in [0.25, 0.3) is 5.91 Å². The molecule has 0 saturated heterocycles. The Balaban J connectivity index is 1.90. The Hall–Kier alpha value is -3.67. The van der Waals surface area contributed by atoms with Gasteiger partial charge in [0.15, 0.2) is 5.65 Å². The summed E-state index contributed by atoms with van der Waals surface area (Å²) in [6.45, 7) is 4.70. The third kappa shape index (κ3) is 3.89. The minimum atomic E-state index is -0.204. The molecule has 2 heterocycles. The van der Waals surface area contributed by atoms with Crippen LogP contribution in [0.25, 0.3) is 28.2 Å². The summed E-state index contributed by atoms with van der Waals surface area (Å²) in [4.78, 5) is 17.4. The van der Waals surface area contributed by atoms with Crippen molar-refractivity contribution >= 4 is 11.6 Å². The van der Waals surface area contributed by atoms with Gasteiger partial charge in [0, 0.05) is 23.7 Å². The molecule has 6 heteroatoms. The highest BCUT2D eigenvalue weighted by molar-refractivity contribution is 5.94. The Kier molecular flexibility index (Phi) is 5.48. The van der Waals surface area contributed by atoms with Crippen LogP contribution in [0.15, 0.2) is 66.7 Å². The quantitative estimate of drug-likeness (QED) is 0.519. The molecule has 0 spiro atoms. The molecular formula is C24H24N4O2. The van der Waals surface area contributed by atoms with Gasteiger partial charge in [-0.25, -0.2) is 9.50 Å². The number of benzene rings is 2. The Morgan fingerprint density at radius 1 is 1.07 bits per heavy atom. The van der Waals surface area contributed by atoms with Gasteiger partial charge >= 0.3 is 0 Å². The Labute approximate surface area is 175 Å². The molecule has 0 fully saturated rings. The molecule has 1 N–H and O–H groups in total. The minimum Gasteiger partial charge on any atom is -0.496 e. The zero-order valence-electron chi connectivity index (χ0n) is 17.3. The SMILES string of the molecule is COc1ccccc1-c1cc(C(=O)NCC(C)C)nc2cc(-c3ccccc3)nn12. The number of para-hydroxylation sites is 1. The van der Waals surface area contributed by atoms with E-state index in [-0.39, 0.29) is 5.91 Å². The monoisotopic (exact) mass is 400 g/mol. The van der Waals surface area contributed by atoms with Crippen molar-refractivity contribution in [3.8, 4) is 28.3 Å². The number of fused-ring (bicyclic) bond motifs is 1. The van der Waals surface area contributed by atoms with Gasteiger partial charge < -0.3 is 10.1 Å². The first-order chi connectivity index (χ1) is 14.6.